The molecule has 1 aromatic rings. The highest BCUT2D eigenvalue weighted by Crippen LogP contribution is 2.27. The van der Waals surface area contributed by atoms with E-state index in [1.165, 1.54) is 51.4 Å². The van der Waals surface area contributed by atoms with E-state index in [2.05, 4.69) is 55.3 Å². The lowest BCUT2D eigenvalue weighted by Crippen LogP contribution is -2.48. The van der Waals surface area contributed by atoms with Crippen molar-refractivity contribution in [3.8, 4) is 5.75 Å². The third-order valence-electron chi connectivity index (χ3n) is 6.95. The molecule has 3 N–H and O–H groups in total. The number of piperidine rings is 1. The van der Waals surface area contributed by atoms with Crippen molar-refractivity contribution < 1.29 is 4.74 Å². The van der Waals surface area contributed by atoms with Crippen molar-refractivity contribution in [3.63, 3.8) is 0 Å². The SMILES string of the molecule is CC1CCN(/C(=N\c2ccc(OCCC3CCCCC3)cc2)NCC(C)(C)CN)CC1. The molecule has 2 aliphatic rings. The highest BCUT2D eigenvalue weighted by molar-refractivity contribution is 5.83. The highest BCUT2D eigenvalue weighted by Gasteiger charge is 2.22. The summed E-state index contributed by atoms with van der Waals surface area (Å²) in [6.07, 6.45) is 10.6. The number of ether oxygens (including phenoxy) is 1. The lowest BCUT2D eigenvalue weighted by molar-refractivity contribution is 0.246. The van der Waals surface area contributed by atoms with Crippen molar-refractivity contribution in [1.82, 2.24) is 10.2 Å². The summed E-state index contributed by atoms with van der Waals surface area (Å²) in [5.41, 5.74) is 6.94. The predicted molar refractivity (Wildman–Crippen MR) is 131 cm³/mol. The van der Waals surface area contributed by atoms with Crippen LogP contribution in [0.4, 0.5) is 5.69 Å². The van der Waals surface area contributed by atoms with E-state index in [9.17, 15) is 0 Å². The molecule has 31 heavy (non-hydrogen) atoms. The number of benzene rings is 1. The summed E-state index contributed by atoms with van der Waals surface area (Å²) in [6, 6.07) is 8.25. The largest absolute Gasteiger partial charge is 0.494 e. The van der Waals surface area contributed by atoms with Crippen LogP contribution in [0.5, 0.6) is 5.75 Å². The minimum Gasteiger partial charge on any atom is -0.494 e. The third kappa shape index (κ3) is 8.03. The van der Waals surface area contributed by atoms with Crippen molar-refractivity contribution in [3.05, 3.63) is 24.3 Å². The van der Waals surface area contributed by atoms with Crippen LogP contribution in [0.3, 0.4) is 0 Å². The normalized spacial score (nSPS) is 19.5. The Balaban J connectivity index is 1.58. The van der Waals surface area contributed by atoms with Gasteiger partial charge in [0.2, 0.25) is 0 Å². The second-order valence-corrected chi connectivity index (χ2v) is 10.5. The van der Waals surface area contributed by atoms with Gasteiger partial charge >= 0.3 is 0 Å². The Morgan fingerprint density at radius 1 is 1.10 bits per heavy atom. The Morgan fingerprint density at radius 2 is 1.77 bits per heavy atom. The van der Waals surface area contributed by atoms with Gasteiger partial charge in [-0.15, -0.1) is 0 Å². The smallest absolute Gasteiger partial charge is 0.199 e. The fourth-order valence-electron chi connectivity index (χ4n) is 4.39. The first-order valence-corrected chi connectivity index (χ1v) is 12.5. The molecule has 0 aromatic heterocycles. The van der Waals surface area contributed by atoms with Gasteiger partial charge in [0.1, 0.15) is 5.75 Å². The van der Waals surface area contributed by atoms with Gasteiger partial charge in [-0.1, -0.05) is 52.9 Å². The molecule has 0 atom stereocenters. The molecule has 5 heteroatoms. The zero-order valence-electron chi connectivity index (χ0n) is 20.0. The van der Waals surface area contributed by atoms with Gasteiger partial charge in [0.25, 0.3) is 0 Å². The molecule has 5 nitrogen and oxygen atoms in total. The van der Waals surface area contributed by atoms with Gasteiger partial charge in [-0.3, -0.25) is 0 Å². The number of hydrogen-bond acceptors (Lipinski definition) is 3. The molecule has 1 aromatic carbocycles. The van der Waals surface area contributed by atoms with E-state index in [-0.39, 0.29) is 5.41 Å². The van der Waals surface area contributed by atoms with Gasteiger partial charge in [0.15, 0.2) is 5.96 Å². The summed E-state index contributed by atoms with van der Waals surface area (Å²) < 4.78 is 6.02. The molecule has 3 rings (SSSR count). The Kier molecular flexibility index (Phi) is 9.06. The first-order valence-electron chi connectivity index (χ1n) is 12.5. The van der Waals surface area contributed by atoms with Crippen LogP contribution in [0.1, 0.15) is 72.1 Å². The Labute approximate surface area is 189 Å². The van der Waals surface area contributed by atoms with E-state index in [1.807, 2.05) is 0 Å². The summed E-state index contributed by atoms with van der Waals surface area (Å²) in [4.78, 5) is 7.36. The summed E-state index contributed by atoms with van der Waals surface area (Å²) in [5.74, 6) is 3.57. The average Bonchev–Trinajstić information content (AvgIpc) is 2.79. The minimum atomic E-state index is 0.0415. The molecule has 2 fully saturated rings. The molecule has 1 aliphatic heterocycles. The van der Waals surface area contributed by atoms with Crippen molar-refractivity contribution in [2.45, 2.75) is 72.1 Å². The highest BCUT2D eigenvalue weighted by atomic mass is 16.5. The van der Waals surface area contributed by atoms with Gasteiger partial charge in [0.05, 0.1) is 12.3 Å². The molecule has 0 bridgehead atoms. The molecule has 0 spiro atoms. The molecule has 1 saturated carbocycles. The second kappa shape index (κ2) is 11.8. The number of nitrogens with zero attached hydrogens (tertiary/aromatic N) is 2. The van der Waals surface area contributed by atoms with Gasteiger partial charge in [0, 0.05) is 19.6 Å². The molecule has 174 valence electrons. The molecule has 0 radical (unpaired) electrons. The second-order valence-electron chi connectivity index (χ2n) is 10.5. The van der Waals surface area contributed by atoms with Crippen LogP contribution >= 0.6 is 0 Å². The van der Waals surface area contributed by atoms with Crippen LogP contribution in [0.25, 0.3) is 0 Å². The van der Waals surface area contributed by atoms with Crippen LogP contribution in [-0.4, -0.2) is 43.6 Å². The summed E-state index contributed by atoms with van der Waals surface area (Å²) >= 11 is 0. The average molecular weight is 429 g/mol. The molecule has 1 saturated heterocycles. The topological polar surface area (TPSA) is 62.9 Å². The van der Waals surface area contributed by atoms with Crippen LogP contribution in [0, 0.1) is 17.3 Å². The maximum absolute atomic E-state index is 6.02. The maximum Gasteiger partial charge on any atom is 0.199 e. The van der Waals surface area contributed by atoms with Gasteiger partial charge in [-0.05, 0) is 67.3 Å². The van der Waals surface area contributed by atoms with Crippen molar-refractivity contribution in [2.75, 3.05) is 32.8 Å². The van der Waals surface area contributed by atoms with Crippen molar-refractivity contribution in [2.24, 2.45) is 28.0 Å². The molecule has 0 amide bonds. The van der Waals surface area contributed by atoms with E-state index in [4.69, 9.17) is 15.5 Å². The lowest BCUT2D eigenvalue weighted by atomic mass is 9.87. The number of hydrogen-bond donors (Lipinski definition) is 2. The van der Waals surface area contributed by atoms with E-state index >= 15 is 0 Å². The molecular weight excluding hydrogens is 384 g/mol. The monoisotopic (exact) mass is 428 g/mol. The van der Waals surface area contributed by atoms with Crippen LogP contribution in [0.15, 0.2) is 29.3 Å². The van der Waals surface area contributed by atoms with Crippen molar-refractivity contribution in [1.29, 1.82) is 0 Å². The third-order valence-corrected chi connectivity index (χ3v) is 6.95. The van der Waals surface area contributed by atoms with Crippen LogP contribution < -0.4 is 15.8 Å². The molecule has 1 aliphatic carbocycles. The summed E-state index contributed by atoms with van der Waals surface area (Å²) in [6.45, 7) is 11.1. The predicted octanol–water partition coefficient (Wildman–Crippen LogP) is 5.33. The lowest BCUT2D eigenvalue weighted by Gasteiger charge is -2.34. The Bertz CT molecular complexity index is 671. The first kappa shape index (κ1) is 23.9. The fraction of sp³-hybridized carbons (Fsp3) is 0.731. The maximum atomic E-state index is 6.02. The Morgan fingerprint density at radius 3 is 2.42 bits per heavy atom. The number of guanidine groups is 1. The number of nitrogens with two attached hydrogens (primary N) is 1. The number of likely N-dealkylation sites (tertiary alicyclic amines) is 1. The number of rotatable bonds is 8. The quantitative estimate of drug-likeness (QED) is 0.434. The van der Waals surface area contributed by atoms with E-state index in [0.29, 0.717) is 6.54 Å². The minimum absolute atomic E-state index is 0.0415. The zero-order chi connectivity index (χ0) is 22.1. The molecular formula is C26H44N4O. The standard InChI is InChI=1S/C26H44N4O/c1-21-13-16-30(17-14-21)25(28-20-26(2,3)19-27)29-23-9-11-24(12-10-23)31-18-15-22-7-5-4-6-8-22/h9-12,21-22H,4-8,13-20,27H2,1-3H3,(H,28,29). The Hall–Kier alpha value is -1.75. The van der Waals surface area contributed by atoms with Crippen LogP contribution in [-0.2, 0) is 0 Å². The summed E-state index contributed by atoms with van der Waals surface area (Å²) in [5, 5.41) is 3.59. The van der Waals surface area contributed by atoms with Gasteiger partial charge < -0.3 is 20.7 Å². The molecule has 0 unspecified atom stereocenters. The number of nitrogens with one attached hydrogen (secondary N) is 1. The van der Waals surface area contributed by atoms with E-state index in [1.54, 1.807) is 0 Å². The van der Waals surface area contributed by atoms with Gasteiger partial charge in [-0.25, -0.2) is 4.99 Å². The van der Waals surface area contributed by atoms with Gasteiger partial charge in [-0.2, -0.15) is 0 Å². The van der Waals surface area contributed by atoms with E-state index in [0.717, 1.165) is 55.5 Å². The fourth-order valence-corrected chi connectivity index (χ4v) is 4.39. The first-order chi connectivity index (χ1) is 14.9. The molecule has 1 heterocycles. The van der Waals surface area contributed by atoms with E-state index < -0.39 is 0 Å². The number of aliphatic imine (C=N–C) groups is 1. The summed E-state index contributed by atoms with van der Waals surface area (Å²) in [7, 11) is 0. The van der Waals surface area contributed by atoms with Crippen LogP contribution in [0.2, 0.25) is 0 Å². The van der Waals surface area contributed by atoms with Crippen molar-refractivity contribution >= 4 is 11.6 Å². The zero-order valence-corrected chi connectivity index (χ0v) is 20.0.